The molecule has 16 nitrogen and oxygen atoms in total. The summed E-state index contributed by atoms with van der Waals surface area (Å²) in [7, 11) is 0. The molecule has 2 rings (SSSR count). The zero-order valence-electron chi connectivity index (χ0n) is 33.1. The van der Waals surface area contributed by atoms with Gasteiger partial charge in [0, 0.05) is 25.7 Å². The van der Waals surface area contributed by atoms with Crippen LogP contribution in [0.5, 0.6) is 0 Å². The van der Waals surface area contributed by atoms with Crippen LogP contribution in [0.4, 0.5) is 0 Å². The van der Waals surface area contributed by atoms with E-state index in [-0.39, 0.29) is 57.3 Å². The second kappa shape index (κ2) is 38.9. The average Bonchev–Trinajstić information content (AvgIpc) is 3.20. The summed E-state index contributed by atoms with van der Waals surface area (Å²) in [6.45, 7) is 7.77. The maximum absolute atomic E-state index is 11.8. The van der Waals surface area contributed by atoms with Crippen molar-refractivity contribution in [2.75, 3.05) is 106 Å². The third-order valence-electron chi connectivity index (χ3n) is 7.23. The highest BCUT2D eigenvalue weighted by Gasteiger charge is 2.07. The molecule has 0 aliphatic heterocycles. The van der Waals surface area contributed by atoms with E-state index < -0.39 is 11.9 Å². The molecule has 0 saturated heterocycles. The summed E-state index contributed by atoms with van der Waals surface area (Å²) in [6, 6.07) is 20.0. The van der Waals surface area contributed by atoms with Crippen molar-refractivity contribution in [3.8, 4) is 0 Å². The van der Waals surface area contributed by atoms with Crippen LogP contribution in [0.15, 0.2) is 60.7 Å². The third kappa shape index (κ3) is 37.3. The number of hydrogen-bond acceptors (Lipinski definition) is 14. The molecule has 2 N–H and O–H groups in total. The van der Waals surface area contributed by atoms with E-state index in [0.29, 0.717) is 119 Å². The number of carboxylic acids is 2. The number of ether oxygens (including phenoxy) is 10. The Kier molecular flexibility index (Phi) is 34.8. The first-order chi connectivity index (χ1) is 27.9. The van der Waals surface area contributed by atoms with Crippen LogP contribution in [0.2, 0.25) is 0 Å². The summed E-state index contributed by atoms with van der Waals surface area (Å²) < 4.78 is 54.0. The molecular weight excluding hydrogens is 748 g/mol. The summed E-state index contributed by atoms with van der Waals surface area (Å²) in [5.74, 6) is -2.53. The minimum atomic E-state index is -0.948. The van der Waals surface area contributed by atoms with Gasteiger partial charge in [0.1, 0.15) is 13.2 Å². The maximum atomic E-state index is 11.8. The van der Waals surface area contributed by atoms with Crippen molar-refractivity contribution >= 4 is 23.9 Å². The molecule has 0 fully saturated rings. The number of aliphatic carboxylic acids is 2. The average molecular weight is 811 g/mol. The van der Waals surface area contributed by atoms with Gasteiger partial charge in [0.25, 0.3) is 0 Å². The van der Waals surface area contributed by atoms with Gasteiger partial charge < -0.3 is 57.6 Å². The Morgan fingerprint density at radius 1 is 0.351 bits per heavy atom. The van der Waals surface area contributed by atoms with Gasteiger partial charge in [-0.15, -0.1) is 0 Å². The smallest absolute Gasteiger partial charge is 0.305 e. The standard InChI is InChI=1S/C36H54O12.C5H8O4/c37-35(47-29-27-43-21-19-39-15-17-41-23-25-45-31-33-9-3-1-4-10-33)13-7-8-14-36(38)48-30-28-44-22-20-40-16-18-42-24-26-46-32-34-11-5-2-6-12-34;6-4(7)2-1-3-5(8)9/h1-6,9-12H,7-8,13-32H2;1-3H2,(H,6,7)(H,8,9). The molecule has 57 heavy (non-hydrogen) atoms. The van der Waals surface area contributed by atoms with E-state index in [2.05, 4.69) is 0 Å². The van der Waals surface area contributed by atoms with E-state index in [4.69, 9.17) is 57.6 Å². The second-order valence-corrected chi connectivity index (χ2v) is 12.0. The Morgan fingerprint density at radius 3 is 0.930 bits per heavy atom. The second-order valence-electron chi connectivity index (χ2n) is 12.0. The Balaban J connectivity index is 0.00000160. The molecule has 2 aromatic carbocycles. The van der Waals surface area contributed by atoms with Crippen LogP contribution in [0.1, 0.15) is 56.1 Å². The van der Waals surface area contributed by atoms with Crippen molar-refractivity contribution in [3.63, 3.8) is 0 Å². The van der Waals surface area contributed by atoms with Gasteiger partial charge >= 0.3 is 23.9 Å². The Morgan fingerprint density at radius 2 is 0.632 bits per heavy atom. The fraction of sp³-hybridized carbons (Fsp3) is 0.610. The summed E-state index contributed by atoms with van der Waals surface area (Å²) in [6.07, 6.45) is 1.65. The van der Waals surface area contributed by atoms with Crippen LogP contribution in [0.25, 0.3) is 0 Å². The molecule has 16 heteroatoms. The molecule has 0 unspecified atom stereocenters. The summed E-state index contributed by atoms with van der Waals surface area (Å²) >= 11 is 0. The number of benzene rings is 2. The van der Waals surface area contributed by atoms with Crippen LogP contribution in [-0.4, -0.2) is 140 Å². The molecule has 0 heterocycles. The first kappa shape index (κ1) is 51.0. The van der Waals surface area contributed by atoms with Crippen LogP contribution in [-0.2, 0) is 79.8 Å². The minimum Gasteiger partial charge on any atom is -0.481 e. The van der Waals surface area contributed by atoms with Crippen molar-refractivity contribution in [1.82, 2.24) is 0 Å². The van der Waals surface area contributed by atoms with E-state index in [0.717, 1.165) is 11.1 Å². The predicted octanol–water partition coefficient (Wildman–Crippen LogP) is 4.49. The molecule has 0 atom stereocenters. The highest BCUT2D eigenvalue weighted by Crippen LogP contribution is 2.04. The predicted molar refractivity (Wildman–Crippen MR) is 207 cm³/mol. The summed E-state index contributed by atoms with van der Waals surface area (Å²) in [5, 5.41) is 16.1. The molecular formula is C41H62O16. The van der Waals surface area contributed by atoms with E-state index in [1.165, 1.54) is 0 Å². The van der Waals surface area contributed by atoms with Gasteiger partial charge in [0.15, 0.2) is 0 Å². The van der Waals surface area contributed by atoms with Crippen LogP contribution >= 0.6 is 0 Å². The van der Waals surface area contributed by atoms with Crippen LogP contribution in [0.3, 0.4) is 0 Å². The molecule has 2 aromatic rings. The topological polar surface area (TPSA) is 201 Å². The quantitative estimate of drug-likeness (QED) is 0.0714. The van der Waals surface area contributed by atoms with E-state index in [9.17, 15) is 19.2 Å². The van der Waals surface area contributed by atoms with Crippen molar-refractivity contribution in [2.24, 2.45) is 0 Å². The molecule has 0 bridgehead atoms. The summed E-state index contributed by atoms with van der Waals surface area (Å²) in [5.41, 5.74) is 2.27. The molecule has 0 amide bonds. The first-order valence-corrected chi connectivity index (χ1v) is 19.3. The molecule has 0 radical (unpaired) electrons. The van der Waals surface area contributed by atoms with Crippen molar-refractivity contribution in [1.29, 1.82) is 0 Å². The molecule has 0 spiro atoms. The van der Waals surface area contributed by atoms with Crippen molar-refractivity contribution in [2.45, 2.75) is 58.2 Å². The summed E-state index contributed by atoms with van der Waals surface area (Å²) in [4.78, 5) is 43.2. The number of carboxylic acid groups (broad SMARTS) is 2. The van der Waals surface area contributed by atoms with Gasteiger partial charge in [0.2, 0.25) is 0 Å². The first-order valence-electron chi connectivity index (χ1n) is 19.3. The number of rotatable bonds is 37. The zero-order chi connectivity index (χ0) is 41.3. The van der Waals surface area contributed by atoms with Gasteiger partial charge in [-0.1, -0.05) is 60.7 Å². The number of hydrogen-bond donors (Lipinski definition) is 2. The van der Waals surface area contributed by atoms with Gasteiger partial charge in [-0.05, 0) is 30.4 Å². The lowest BCUT2D eigenvalue weighted by molar-refractivity contribution is -0.147. The SMILES string of the molecule is O=C(CCCCC(=O)OCCOCCOCCOCCOCc1ccccc1)OCCOCCOCCOCCOCc1ccccc1.O=C(O)CCCC(=O)O. The Hall–Kier alpha value is -4.00. The van der Waals surface area contributed by atoms with Crippen molar-refractivity contribution in [3.05, 3.63) is 71.8 Å². The molecule has 322 valence electrons. The minimum absolute atomic E-state index is 0.0632. The zero-order valence-corrected chi connectivity index (χ0v) is 33.1. The Labute approximate surface area is 335 Å². The van der Waals surface area contributed by atoms with Crippen LogP contribution < -0.4 is 0 Å². The fourth-order valence-corrected chi connectivity index (χ4v) is 4.35. The fourth-order valence-electron chi connectivity index (χ4n) is 4.35. The van der Waals surface area contributed by atoms with Gasteiger partial charge in [-0.2, -0.15) is 0 Å². The van der Waals surface area contributed by atoms with Gasteiger partial charge in [-0.25, -0.2) is 0 Å². The number of carbonyl (C=O) groups excluding carboxylic acids is 2. The molecule has 0 saturated carbocycles. The monoisotopic (exact) mass is 810 g/mol. The molecule has 0 aromatic heterocycles. The molecule has 0 aliphatic rings. The lowest BCUT2D eigenvalue weighted by Gasteiger charge is -2.08. The highest BCUT2D eigenvalue weighted by atomic mass is 16.6. The van der Waals surface area contributed by atoms with Crippen molar-refractivity contribution < 1.29 is 76.8 Å². The lowest BCUT2D eigenvalue weighted by atomic mass is 10.2. The van der Waals surface area contributed by atoms with E-state index in [1.54, 1.807) is 0 Å². The largest absolute Gasteiger partial charge is 0.481 e. The number of esters is 2. The molecule has 0 aliphatic carbocycles. The van der Waals surface area contributed by atoms with Gasteiger partial charge in [0.05, 0.1) is 106 Å². The number of carbonyl (C=O) groups is 4. The lowest BCUT2D eigenvalue weighted by Crippen LogP contribution is -2.15. The van der Waals surface area contributed by atoms with E-state index in [1.807, 2.05) is 60.7 Å². The van der Waals surface area contributed by atoms with Gasteiger partial charge in [-0.3, -0.25) is 19.2 Å². The number of unbranched alkanes of at least 4 members (excludes halogenated alkanes) is 1. The Bertz CT molecular complexity index is 1150. The van der Waals surface area contributed by atoms with Crippen LogP contribution in [0, 0.1) is 0 Å². The third-order valence-corrected chi connectivity index (χ3v) is 7.23. The maximum Gasteiger partial charge on any atom is 0.305 e. The highest BCUT2D eigenvalue weighted by molar-refractivity contribution is 5.71. The van der Waals surface area contributed by atoms with E-state index >= 15 is 0 Å². The normalized spacial score (nSPS) is 10.7.